The number of carbonyl (C=O) groups is 2. The molecule has 2 heterocycles. The number of carbonyl (C=O) groups excluding carboxylic acids is 2. The standard InChI is InChI=1S/C25H29ClN4O4/c1-3-34-24(31)22-20(27-25(32)28-23(22)17-7-6-8-18(15-17)33-2)16-29-11-13-30(14-12-29)21-10-5-4-9-19(21)26/h4-10,15,23H,3,11-14,16H2,1-2H3,(H2,27,28,32)/t23-/m1/s1. The van der Waals surface area contributed by atoms with Crippen molar-refractivity contribution in [2.45, 2.75) is 13.0 Å². The van der Waals surface area contributed by atoms with Gasteiger partial charge in [0.25, 0.3) is 0 Å². The number of halogens is 1. The van der Waals surface area contributed by atoms with Crippen LogP contribution in [-0.4, -0.2) is 63.3 Å². The molecule has 4 rings (SSSR count). The highest BCUT2D eigenvalue weighted by Crippen LogP contribution is 2.31. The Balaban J connectivity index is 1.57. The Bertz CT molecular complexity index is 1080. The molecule has 1 atom stereocenters. The first-order valence-electron chi connectivity index (χ1n) is 11.3. The molecule has 180 valence electrons. The van der Waals surface area contributed by atoms with Crippen LogP contribution in [-0.2, 0) is 9.53 Å². The van der Waals surface area contributed by atoms with Gasteiger partial charge in [0.2, 0.25) is 0 Å². The molecule has 1 saturated heterocycles. The molecule has 0 saturated carbocycles. The molecule has 0 bridgehead atoms. The number of anilines is 1. The van der Waals surface area contributed by atoms with Gasteiger partial charge >= 0.3 is 12.0 Å². The maximum atomic E-state index is 13.0. The highest BCUT2D eigenvalue weighted by Gasteiger charge is 2.35. The second-order valence-corrected chi connectivity index (χ2v) is 8.54. The van der Waals surface area contributed by atoms with Gasteiger partial charge in [0.1, 0.15) is 5.75 Å². The van der Waals surface area contributed by atoms with Crippen molar-refractivity contribution in [1.29, 1.82) is 0 Å². The molecule has 0 aromatic heterocycles. The van der Waals surface area contributed by atoms with Crippen LogP contribution in [0.3, 0.4) is 0 Å². The van der Waals surface area contributed by atoms with Gasteiger partial charge in [0.15, 0.2) is 0 Å². The van der Waals surface area contributed by atoms with Gasteiger partial charge in [-0.1, -0.05) is 35.9 Å². The SMILES string of the molecule is CCOC(=O)C1=C(CN2CCN(c3ccccc3Cl)CC2)NC(=O)N[C@@H]1c1cccc(OC)c1. The molecule has 0 radical (unpaired) electrons. The van der Waals surface area contributed by atoms with E-state index in [1.807, 2.05) is 48.5 Å². The number of benzene rings is 2. The van der Waals surface area contributed by atoms with Crippen molar-refractivity contribution in [2.75, 3.05) is 51.3 Å². The maximum absolute atomic E-state index is 13.0. The first-order valence-corrected chi connectivity index (χ1v) is 11.7. The summed E-state index contributed by atoms with van der Waals surface area (Å²) >= 11 is 6.37. The molecular weight excluding hydrogens is 456 g/mol. The van der Waals surface area contributed by atoms with E-state index in [1.165, 1.54) is 0 Å². The second-order valence-electron chi connectivity index (χ2n) is 8.14. The fourth-order valence-electron chi connectivity index (χ4n) is 4.34. The van der Waals surface area contributed by atoms with E-state index in [0.29, 0.717) is 23.6 Å². The first kappa shape index (κ1) is 23.9. The fraction of sp³-hybridized carbons (Fsp3) is 0.360. The number of hydrogen-bond donors (Lipinski definition) is 2. The summed E-state index contributed by atoms with van der Waals surface area (Å²) in [6, 6.07) is 14.1. The van der Waals surface area contributed by atoms with Gasteiger partial charge in [0.05, 0.1) is 36.0 Å². The Morgan fingerprint density at radius 2 is 1.88 bits per heavy atom. The molecule has 2 aliphatic heterocycles. The third-order valence-electron chi connectivity index (χ3n) is 6.02. The molecule has 8 nitrogen and oxygen atoms in total. The topological polar surface area (TPSA) is 83.1 Å². The summed E-state index contributed by atoms with van der Waals surface area (Å²) in [5.74, 6) is 0.193. The fourth-order valence-corrected chi connectivity index (χ4v) is 4.60. The van der Waals surface area contributed by atoms with Crippen LogP contribution in [0.15, 0.2) is 59.8 Å². The van der Waals surface area contributed by atoms with Crippen molar-refractivity contribution in [3.05, 3.63) is 70.4 Å². The monoisotopic (exact) mass is 484 g/mol. The zero-order chi connectivity index (χ0) is 24.1. The van der Waals surface area contributed by atoms with E-state index >= 15 is 0 Å². The molecule has 0 unspecified atom stereocenters. The van der Waals surface area contributed by atoms with Crippen LogP contribution in [0.5, 0.6) is 5.75 Å². The lowest BCUT2D eigenvalue weighted by Gasteiger charge is -2.38. The predicted molar refractivity (Wildman–Crippen MR) is 131 cm³/mol. The Morgan fingerprint density at radius 3 is 2.59 bits per heavy atom. The number of rotatable bonds is 7. The van der Waals surface area contributed by atoms with Gasteiger partial charge in [-0.2, -0.15) is 0 Å². The van der Waals surface area contributed by atoms with E-state index in [2.05, 4.69) is 20.4 Å². The van der Waals surface area contributed by atoms with Gasteiger partial charge in [0, 0.05) is 38.4 Å². The summed E-state index contributed by atoms with van der Waals surface area (Å²) in [7, 11) is 1.58. The van der Waals surface area contributed by atoms with Crippen LogP contribution in [0.1, 0.15) is 18.5 Å². The summed E-state index contributed by atoms with van der Waals surface area (Å²) in [6.07, 6.45) is 0. The Morgan fingerprint density at radius 1 is 1.12 bits per heavy atom. The number of piperazine rings is 1. The Hall–Kier alpha value is -3.23. The summed E-state index contributed by atoms with van der Waals surface area (Å²) in [5, 5.41) is 6.46. The zero-order valence-electron chi connectivity index (χ0n) is 19.3. The predicted octanol–water partition coefficient (Wildman–Crippen LogP) is 3.34. The van der Waals surface area contributed by atoms with E-state index in [9.17, 15) is 9.59 Å². The van der Waals surface area contributed by atoms with E-state index in [0.717, 1.165) is 42.5 Å². The molecule has 2 amide bonds. The molecule has 2 aromatic rings. The van der Waals surface area contributed by atoms with E-state index in [4.69, 9.17) is 21.1 Å². The van der Waals surface area contributed by atoms with Crippen LogP contribution in [0.25, 0.3) is 0 Å². The van der Waals surface area contributed by atoms with E-state index in [1.54, 1.807) is 14.0 Å². The largest absolute Gasteiger partial charge is 0.497 e. The lowest BCUT2D eigenvalue weighted by molar-refractivity contribution is -0.139. The average Bonchev–Trinajstić information content (AvgIpc) is 2.85. The smallest absolute Gasteiger partial charge is 0.338 e. The van der Waals surface area contributed by atoms with Crippen molar-refractivity contribution >= 4 is 29.3 Å². The van der Waals surface area contributed by atoms with Crippen LogP contribution in [0.4, 0.5) is 10.5 Å². The number of para-hydroxylation sites is 1. The molecule has 9 heteroatoms. The van der Waals surface area contributed by atoms with Crippen molar-refractivity contribution in [3.8, 4) is 5.75 Å². The third kappa shape index (κ3) is 5.29. The number of hydrogen-bond acceptors (Lipinski definition) is 6. The zero-order valence-corrected chi connectivity index (χ0v) is 20.1. The summed E-state index contributed by atoms with van der Waals surface area (Å²) < 4.78 is 10.7. The first-order chi connectivity index (χ1) is 16.5. The van der Waals surface area contributed by atoms with Crippen LogP contribution in [0.2, 0.25) is 5.02 Å². The highest BCUT2D eigenvalue weighted by atomic mass is 35.5. The maximum Gasteiger partial charge on any atom is 0.338 e. The highest BCUT2D eigenvalue weighted by molar-refractivity contribution is 6.33. The number of methoxy groups -OCH3 is 1. The molecular formula is C25H29ClN4O4. The van der Waals surface area contributed by atoms with Gasteiger partial charge in [-0.05, 0) is 36.8 Å². The number of nitrogens with zero attached hydrogens (tertiary/aromatic N) is 2. The van der Waals surface area contributed by atoms with Crippen molar-refractivity contribution in [1.82, 2.24) is 15.5 Å². The quantitative estimate of drug-likeness (QED) is 0.586. The van der Waals surface area contributed by atoms with Gasteiger partial charge in [-0.25, -0.2) is 9.59 Å². The van der Waals surface area contributed by atoms with Crippen LogP contribution < -0.4 is 20.3 Å². The summed E-state index contributed by atoms with van der Waals surface area (Å²) in [5.41, 5.74) is 2.73. The third-order valence-corrected chi connectivity index (χ3v) is 6.34. The summed E-state index contributed by atoms with van der Waals surface area (Å²) in [4.78, 5) is 30.1. The number of ether oxygens (including phenoxy) is 2. The minimum atomic E-state index is -0.637. The minimum Gasteiger partial charge on any atom is -0.497 e. The van der Waals surface area contributed by atoms with Crippen molar-refractivity contribution < 1.29 is 19.1 Å². The second kappa shape index (κ2) is 10.8. The molecule has 2 aromatic carbocycles. The number of amides is 2. The van der Waals surface area contributed by atoms with Gasteiger partial charge < -0.3 is 25.0 Å². The normalized spacial score (nSPS) is 18.9. The van der Waals surface area contributed by atoms with Crippen LogP contribution >= 0.6 is 11.6 Å². The Labute approximate surface area is 204 Å². The lowest BCUT2D eigenvalue weighted by atomic mass is 9.94. The van der Waals surface area contributed by atoms with Crippen molar-refractivity contribution in [3.63, 3.8) is 0 Å². The lowest BCUT2D eigenvalue weighted by Crippen LogP contribution is -2.51. The van der Waals surface area contributed by atoms with E-state index in [-0.39, 0.29) is 12.6 Å². The van der Waals surface area contributed by atoms with Gasteiger partial charge in [-0.15, -0.1) is 0 Å². The minimum absolute atomic E-state index is 0.241. The van der Waals surface area contributed by atoms with Crippen LogP contribution in [0, 0.1) is 0 Å². The molecule has 0 aliphatic carbocycles. The molecule has 34 heavy (non-hydrogen) atoms. The summed E-state index contributed by atoms with van der Waals surface area (Å²) in [6.45, 7) is 5.54. The molecule has 1 fully saturated rings. The molecule has 2 aliphatic rings. The van der Waals surface area contributed by atoms with E-state index < -0.39 is 12.0 Å². The number of urea groups is 1. The number of nitrogens with one attached hydrogen (secondary N) is 2. The molecule has 0 spiro atoms. The van der Waals surface area contributed by atoms with Crippen molar-refractivity contribution in [2.24, 2.45) is 0 Å². The number of esters is 1. The Kier molecular flexibility index (Phi) is 7.59. The molecule has 2 N–H and O–H groups in total. The van der Waals surface area contributed by atoms with Gasteiger partial charge in [-0.3, -0.25) is 4.90 Å². The average molecular weight is 485 g/mol.